The minimum Gasteiger partial charge on any atom is -0.370 e. The fourth-order valence-corrected chi connectivity index (χ4v) is 1.30. The zero-order chi connectivity index (χ0) is 12.0. The van der Waals surface area contributed by atoms with Crippen LogP contribution >= 0.6 is 11.6 Å². The fourth-order valence-electron chi connectivity index (χ4n) is 1.10. The largest absolute Gasteiger partial charge is 0.370 e. The Morgan fingerprint density at radius 1 is 1.50 bits per heavy atom. The van der Waals surface area contributed by atoms with Gasteiger partial charge in [-0.15, -0.1) is 0 Å². The van der Waals surface area contributed by atoms with Crippen LogP contribution in [0.1, 0.15) is 23.2 Å². The summed E-state index contributed by atoms with van der Waals surface area (Å²) in [7, 11) is 0. The van der Waals surface area contributed by atoms with Crippen LogP contribution in [0.25, 0.3) is 0 Å². The predicted octanol–water partition coefficient (Wildman–Crippen LogP) is 0.730. The van der Waals surface area contributed by atoms with Gasteiger partial charge < -0.3 is 11.1 Å². The van der Waals surface area contributed by atoms with Crippen LogP contribution in [0, 0.1) is 0 Å². The van der Waals surface area contributed by atoms with Crippen LogP contribution in [-0.2, 0) is 4.79 Å². The molecule has 1 aromatic heterocycles. The van der Waals surface area contributed by atoms with Crippen molar-refractivity contribution in [1.29, 1.82) is 0 Å². The second-order valence-corrected chi connectivity index (χ2v) is 3.59. The summed E-state index contributed by atoms with van der Waals surface area (Å²) in [6, 6.07) is 1.54. The van der Waals surface area contributed by atoms with Crippen molar-refractivity contribution >= 4 is 23.4 Å². The van der Waals surface area contributed by atoms with Gasteiger partial charge in [-0.05, 0) is 12.5 Å². The number of rotatable bonds is 5. The third kappa shape index (κ3) is 3.86. The van der Waals surface area contributed by atoms with E-state index in [1.807, 2.05) is 0 Å². The highest BCUT2D eigenvalue weighted by Crippen LogP contribution is 2.12. The summed E-state index contributed by atoms with van der Waals surface area (Å²) in [5, 5.41) is 2.97. The molecule has 0 atom stereocenters. The van der Waals surface area contributed by atoms with E-state index in [-0.39, 0.29) is 18.2 Å². The molecular weight excluding hydrogens is 230 g/mol. The molecule has 0 aliphatic heterocycles. The van der Waals surface area contributed by atoms with E-state index in [9.17, 15) is 9.59 Å². The summed E-state index contributed by atoms with van der Waals surface area (Å²) in [5.41, 5.74) is 5.28. The number of hydrogen-bond acceptors (Lipinski definition) is 3. The summed E-state index contributed by atoms with van der Waals surface area (Å²) in [6.45, 7) is 0.382. The van der Waals surface area contributed by atoms with E-state index in [2.05, 4.69) is 10.3 Å². The highest BCUT2D eigenvalue weighted by molar-refractivity contribution is 6.33. The van der Waals surface area contributed by atoms with Crippen molar-refractivity contribution in [3.05, 3.63) is 29.0 Å². The number of carbonyl (C=O) groups is 2. The van der Waals surface area contributed by atoms with Crippen molar-refractivity contribution in [2.24, 2.45) is 5.73 Å². The van der Waals surface area contributed by atoms with Crippen LogP contribution in [0.15, 0.2) is 18.5 Å². The number of primary amides is 1. The Labute approximate surface area is 98.0 Å². The van der Waals surface area contributed by atoms with Gasteiger partial charge in [-0.25, -0.2) is 0 Å². The lowest BCUT2D eigenvalue weighted by Crippen LogP contribution is -2.25. The molecule has 0 aliphatic rings. The number of amides is 2. The maximum Gasteiger partial charge on any atom is 0.254 e. The monoisotopic (exact) mass is 241 g/mol. The van der Waals surface area contributed by atoms with Crippen LogP contribution < -0.4 is 11.1 Å². The van der Waals surface area contributed by atoms with Crippen molar-refractivity contribution in [1.82, 2.24) is 10.3 Å². The van der Waals surface area contributed by atoms with Crippen molar-refractivity contribution < 1.29 is 9.59 Å². The van der Waals surface area contributed by atoms with Gasteiger partial charge in [0.25, 0.3) is 5.91 Å². The zero-order valence-corrected chi connectivity index (χ0v) is 9.33. The molecule has 2 amide bonds. The zero-order valence-electron chi connectivity index (χ0n) is 8.57. The number of aromatic nitrogens is 1. The molecule has 1 heterocycles. The maximum atomic E-state index is 11.6. The number of carbonyl (C=O) groups excluding carboxylic acids is 2. The first-order valence-corrected chi connectivity index (χ1v) is 5.15. The van der Waals surface area contributed by atoms with E-state index in [1.54, 1.807) is 6.07 Å². The van der Waals surface area contributed by atoms with E-state index in [4.69, 9.17) is 17.3 Å². The fraction of sp³-hybridized carbons (Fsp3) is 0.300. The molecular formula is C10H12ClN3O2. The Balaban J connectivity index is 2.41. The molecule has 0 saturated carbocycles. The molecule has 0 aromatic carbocycles. The molecule has 0 aliphatic carbocycles. The lowest BCUT2D eigenvalue weighted by molar-refractivity contribution is -0.118. The molecule has 0 radical (unpaired) electrons. The molecule has 16 heavy (non-hydrogen) atoms. The number of hydrogen-bond donors (Lipinski definition) is 2. The van der Waals surface area contributed by atoms with Crippen LogP contribution in [-0.4, -0.2) is 23.3 Å². The maximum absolute atomic E-state index is 11.6. The minimum atomic E-state index is -0.381. The number of nitrogens with zero attached hydrogens (tertiary/aromatic N) is 1. The van der Waals surface area contributed by atoms with Gasteiger partial charge in [-0.3, -0.25) is 14.6 Å². The van der Waals surface area contributed by atoms with E-state index >= 15 is 0 Å². The van der Waals surface area contributed by atoms with Gasteiger partial charge in [0.2, 0.25) is 5.91 Å². The van der Waals surface area contributed by atoms with Crippen molar-refractivity contribution in [3.8, 4) is 0 Å². The Kier molecular flexibility index (Phi) is 4.72. The number of nitrogens with one attached hydrogen (secondary N) is 1. The molecule has 6 heteroatoms. The number of halogens is 1. The molecule has 0 spiro atoms. The topological polar surface area (TPSA) is 85.1 Å². The minimum absolute atomic E-state index is 0.251. The quantitative estimate of drug-likeness (QED) is 0.746. The van der Waals surface area contributed by atoms with Gasteiger partial charge >= 0.3 is 0 Å². The first kappa shape index (κ1) is 12.4. The van der Waals surface area contributed by atoms with Crippen LogP contribution in [0.2, 0.25) is 5.02 Å². The van der Waals surface area contributed by atoms with E-state index in [1.165, 1.54) is 12.4 Å². The second kappa shape index (κ2) is 6.07. The summed E-state index contributed by atoms with van der Waals surface area (Å²) in [4.78, 5) is 25.8. The van der Waals surface area contributed by atoms with Crippen molar-refractivity contribution in [2.75, 3.05) is 6.54 Å². The van der Waals surface area contributed by atoms with Gasteiger partial charge in [-0.2, -0.15) is 0 Å². The Bertz CT molecular complexity index is 395. The normalized spacial score (nSPS) is 9.81. The van der Waals surface area contributed by atoms with Crippen LogP contribution in [0.4, 0.5) is 0 Å². The lowest BCUT2D eigenvalue weighted by atomic mass is 10.2. The van der Waals surface area contributed by atoms with Gasteiger partial charge in [-0.1, -0.05) is 11.6 Å². The van der Waals surface area contributed by atoms with Gasteiger partial charge in [0.15, 0.2) is 0 Å². The van der Waals surface area contributed by atoms with E-state index in [0.717, 1.165) is 0 Å². The molecule has 0 bridgehead atoms. The molecule has 0 saturated heterocycles. The Morgan fingerprint density at radius 3 is 2.88 bits per heavy atom. The Hall–Kier alpha value is -1.62. The van der Waals surface area contributed by atoms with Gasteiger partial charge in [0.05, 0.1) is 10.6 Å². The second-order valence-electron chi connectivity index (χ2n) is 3.18. The third-order valence-electron chi connectivity index (χ3n) is 1.90. The smallest absolute Gasteiger partial charge is 0.254 e. The van der Waals surface area contributed by atoms with Crippen LogP contribution in [0.5, 0.6) is 0 Å². The number of nitrogens with two attached hydrogens (primary N) is 1. The SMILES string of the molecule is NC(=O)CCCNC(=O)c1cnccc1Cl. The van der Waals surface area contributed by atoms with Gasteiger partial charge in [0, 0.05) is 25.4 Å². The molecule has 1 rings (SSSR count). The molecule has 3 N–H and O–H groups in total. The highest BCUT2D eigenvalue weighted by atomic mass is 35.5. The molecule has 0 unspecified atom stereocenters. The third-order valence-corrected chi connectivity index (χ3v) is 2.23. The average Bonchev–Trinajstić information content (AvgIpc) is 2.24. The van der Waals surface area contributed by atoms with Crippen molar-refractivity contribution in [2.45, 2.75) is 12.8 Å². The van der Waals surface area contributed by atoms with Crippen molar-refractivity contribution in [3.63, 3.8) is 0 Å². The lowest BCUT2D eigenvalue weighted by Gasteiger charge is -2.05. The predicted molar refractivity (Wildman–Crippen MR) is 60.0 cm³/mol. The first-order chi connectivity index (χ1) is 7.61. The molecule has 0 fully saturated rings. The van der Waals surface area contributed by atoms with E-state index < -0.39 is 0 Å². The standard InChI is InChI=1S/C10H12ClN3O2/c11-8-3-5-13-6-7(8)10(16)14-4-1-2-9(12)15/h3,5-6H,1-2,4H2,(H2,12,15)(H,14,16). The first-order valence-electron chi connectivity index (χ1n) is 4.77. The van der Waals surface area contributed by atoms with Crippen LogP contribution in [0.3, 0.4) is 0 Å². The molecule has 86 valence electrons. The summed E-state index contributed by atoms with van der Waals surface area (Å²) in [5.74, 6) is -0.684. The highest BCUT2D eigenvalue weighted by Gasteiger charge is 2.09. The van der Waals surface area contributed by atoms with Gasteiger partial charge in [0.1, 0.15) is 0 Å². The molecule has 1 aromatic rings. The number of pyridine rings is 1. The average molecular weight is 242 g/mol. The summed E-state index contributed by atoms with van der Waals surface area (Å²) in [6.07, 6.45) is 3.66. The Morgan fingerprint density at radius 2 is 2.25 bits per heavy atom. The molecule has 5 nitrogen and oxygen atoms in total. The van der Waals surface area contributed by atoms with E-state index in [0.29, 0.717) is 23.6 Å². The summed E-state index contributed by atoms with van der Waals surface area (Å²) < 4.78 is 0. The summed E-state index contributed by atoms with van der Waals surface area (Å²) >= 11 is 5.81.